The molecule has 1 aliphatic rings. The van der Waals surface area contributed by atoms with Crippen molar-refractivity contribution in [3.8, 4) is 5.75 Å². The lowest BCUT2D eigenvalue weighted by molar-refractivity contribution is 0.0917. The third-order valence-electron chi connectivity index (χ3n) is 4.21. The Morgan fingerprint density at radius 1 is 1.12 bits per heavy atom. The molecule has 0 saturated heterocycles. The molecule has 1 aromatic heterocycles. The number of benzene rings is 2. The van der Waals surface area contributed by atoms with Crippen molar-refractivity contribution in [3.05, 3.63) is 76.1 Å². The third kappa shape index (κ3) is 2.65. The summed E-state index contributed by atoms with van der Waals surface area (Å²) in [6.07, 6.45) is 0.711. The average molecular weight is 320 g/mol. The van der Waals surface area contributed by atoms with Gasteiger partial charge in [0, 0.05) is 17.0 Å². The van der Waals surface area contributed by atoms with E-state index in [1.165, 1.54) is 6.07 Å². The smallest absolute Gasteiger partial charge is 0.252 e. The van der Waals surface area contributed by atoms with E-state index < -0.39 is 0 Å². The molecule has 3 aromatic rings. The molecule has 0 aliphatic carbocycles. The number of pyridine rings is 1. The van der Waals surface area contributed by atoms with Gasteiger partial charge in [-0.3, -0.25) is 9.59 Å². The molecule has 0 unspecified atom stereocenters. The highest BCUT2D eigenvalue weighted by atomic mass is 16.5. The molecule has 0 fully saturated rings. The highest BCUT2D eigenvalue weighted by Gasteiger charge is 2.22. The number of para-hydroxylation sites is 2. The lowest BCUT2D eigenvalue weighted by Gasteiger charge is -2.26. The first kappa shape index (κ1) is 14.5. The van der Waals surface area contributed by atoms with Crippen molar-refractivity contribution in [1.82, 2.24) is 10.3 Å². The Balaban J connectivity index is 1.61. The molecule has 2 aromatic carbocycles. The molecule has 4 rings (SSSR count). The van der Waals surface area contributed by atoms with Crippen LogP contribution in [0.25, 0.3) is 10.9 Å². The van der Waals surface area contributed by atoms with Crippen LogP contribution in [0.4, 0.5) is 0 Å². The van der Waals surface area contributed by atoms with Gasteiger partial charge in [0.15, 0.2) is 0 Å². The van der Waals surface area contributed by atoms with Gasteiger partial charge in [-0.15, -0.1) is 0 Å². The van der Waals surface area contributed by atoms with E-state index in [1.54, 1.807) is 6.07 Å². The summed E-state index contributed by atoms with van der Waals surface area (Å²) in [5.74, 6) is 0.606. The van der Waals surface area contributed by atoms with E-state index in [0.717, 1.165) is 16.7 Å². The zero-order valence-electron chi connectivity index (χ0n) is 12.9. The van der Waals surface area contributed by atoms with Crippen LogP contribution in [0.3, 0.4) is 0 Å². The van der Waals surface area contributed by atoms with Crippen molar-refractivity contribution in [1.29, 1.82) is 0 Å². The van der Waals surface area contributed by atoms with Gasteiger partial charge in [0.1, 0.15) is 12.4 Å². The lowest BCUT2D eigenvalue weighted by Crippen LogP contribution is -2.43. The first-order valence-corrected chi connectivity index (χ1v) is 7.84. The summed E-state index contributed by atoms with van der Waals surface area (Å²) in [5, 5.41) is 3.71. The van der Waals surface area contributed by atoms with Crippen LogP contribution in [-0.4, -0.2) is 23.5 Å². The summed E-state index contributed by atoms with van der Waals surface area (Å²) in [5.41, 5.74) is 1.82. The summed E-state index contributed by atoms with van der Waals surface area (Å²) in [7, 11) is 0. The van der Waals surface area contributed by atoms with Gasteiger partial charge in [0.25, 0.3) is 5.91 Å². The molecule has 1 amide bonds. The maximum atomic E-state index is 12.7. The summed E-state index contributed by atoms with van der Waals surface area (Å²) < 4.78 is 5.70. The molecule has 5 nitrogen and oxygen atoms in total. The Bertz CT molecular complexity index is 978. The van der Waals surface area contributed by atoms with Crippen LogP contribution >= 0.6 is 0 Å². The molecule has 0 radical (unpaired) electrons. The first-order chi connectivity index (χ1) is 11.7. The summed E-state index contributed by atoms with van der Waals surface area (Å²) in [6.45, 7) is 0.421. The van der Waals surface area contributed by atoms with Crippen LogP contribution < -0.4 is 15.6 Å². The Labute approximate surface area is 138 Å². The lowest BCUT2D eigenvalue weighted by atomic mass is 10.0. The third-order valence-corrected chi connectivity index (χ3v) is 4.21. The van der Waals surface area contributed by atoms with E-state index in [1.807, 2.05) is 42.5 Å². The zero-order valence-corrected chi connectivity index (χ0v) is 12.9. The fraction of sp³-hybridized carbons (Fsp3) is 0.158. The number of aromatic amines is 1. The highest BCUT2D eigenvalue weighted by Crippen LogP contribution is 2.24. The molecule has 0 spiro atoms. The number of nitrogens with one attached hydrogen (secondary N) is 2. The monoisotopic (exact) mass is 320 g/mol. The zero-order chi connectivity index (χ0) is 16.5. The van der Waals surface area contributed by atoms with Gasteiger partial charge in [-0.2, -0.15) is 0 Å². The van der Waals surface area contributed by atoms with Gasteiger partial charge in [-0.05, 0) is 24.1 Å². The van der Waals surface area contributed by atoms with Gasteiger partial charge >= 0.3 is 0 Å². The summed E-state index contributed by atoms with van der Waals surface area (Å²) in [4.78, 5) is 27.2. The molecule has 0 bridgehead atoms. The number of hydrogen-bond acceptors (Lipinski definition) is 3. The first-order valence-electron chi connectivity index (χ1n) is 7.84. The van der Waals surface area contributed by atoms with Gasteiger partial charge < -0.3 is 15.0 Å². The van der Waals surface area contributed by atoms with Crippen molar-refractivity contribution >= 4 is 16.8 Å². The minimum absolute atomic E-state index is 0.120. The molecule has 1 atom stereocenters. The van der Waals surface area contributed by atoms with E-state index in [4.69, 9.17) is 4.74 Å². The molecule has 24 heavy (non-hydrogen) atoms. The van der Waals surface area contributed by atoms with Crippen LogP contribution in [0, 0.1) is 0 Å². The fourth-order valence-electron chi connectivity index (χ4n) is 3.08. The van der Waals surface area contributed by atoms with Crippen molar-refractivity contribution in [2.45, 2.75) is 12.5 Å². The van der Waals surface area contributed by atoms with Crippen LogP contribution in [0.2, 0.25) is 0 Å². The van der Waals surface area contributed by atoms with E-state index in [0.29, 0.717) is 24.1 Å². The number of fused-ring (bicyclic) bond motifs is 2. The standard InChI is InChI=1S/C19H16N2O3/c22-18-10-15(14-6-2-3-7-16(14)21-18)19(23)20-13-9-12-5-1-4-8-17(12)24-11-13/h1-8,10,13H,9,11H2,(H,20,23)(H,21,22)/t13-/m1/s1. The van der Waals surface area contributed by atoms with Crippen molar-refractivity contribution in [2.75, 3.05) is 6.61 Å². The number of H-pyrrole nitrogens is 1. The average Bonchev–Trinajstić information content (AvgIpc) is 2.60. The van der Waals surface area contributed by atoms with Crippen LogP contribution in [0.1, 0.15) is 15.9 Å². The van der Waals surface area contributed by atoms with Crippen LogP contribution in [-0.2, 0) is 6.42 Å². The molecule has 1 aliphatic heterocycles. The number of carbonyl (C=O) groups excluding carboxylic acids is 1. The largest absolute Gasteiger partial charge is 0.491 e. The normalized spacial score (nSPS) is 16.2. The second-order valence-corrected chi connectivity index (χ2v) is 5.89. The number of hydrogen-bond donors (Lipinski definition) is 2. The van der Waals surface area contributed by atoms with E-state index in [2.05, 4.69) is 10.3 Å². The summed E-state index contributed by atoms with van der Waals surface area (Å²) >= 11 is 0. The second kappa shape index (κ2) is 5.85. The Kier molecular flexibility index (Phi) is 3.54. The van der Waals surface area contributed by atoms with E-state index in [-0.39, 0.29) is 17.5 Å². The fourth-order valence-corrected chi connectivity index (χ4v) is 3.08. The van der Waals surface area contributed by atoms with E-state index >= 15 is 0 Å². The highest BCUT2D eigenvalue weighted by molar-refractivity contribution is 6.06. The van der Waals surface area contributed by atoms with Crippen molar-refractivity contribution in [3.63, 3.8) is 0 Å². The maximum Gasteiger partial charge on any atom is 0.252 e. The predicted molar refractivity (Wildman–Crippen MR) is 91.5 cm³/mol. The second-order valence-electron chi connectivity index (χ2n) is 5.89. The van der Waals surface area contributed by atoms with Crippen LogP contribution in [0.15, 0.2) is 59.4 Å². The molecular weight excluding hydrogens is 304 g/mol. The number of rotatable bonds is 2. The van der Waals surface area contributed by atoms with Gasteiger partial charge in [-0.25, -0.2) is 0 Å². The summed E-state index contributed by atoms with van der Waals surface area (Å²) in [6, 6.07) is 16.3. The Hall–Kier alpha value is -3.08. The molecule has 120 valence electrons. The van der Waals surface area contributed by atoms with E-state index in [9.17, 15) is 9.59 Å². The Morgan fingerprint density at radius 2 is 1.92 bits per heavy atom. The molecule has 0 saturated carbocycles. The van der Waals surface area contributed by atoms with Gasteiger partial charge in [-0.1, -0.05) is 36.4 Å². The van der Waals surface area contributed by atoms with Crippen molar-refractivity contribution < 1.29 is 9.53 Å². The molecular formula is C19H16N2O3. The minimum Gasteiger partial charge on any atom is -0.491 e. The van der Waals surface area contributed by atoms with Gasteiger partial charge in [0.2, 0.25) is 5.56 Å². The topological polar surface area (TPSA) is 71.2 Å². The van der Waals surface area contributed by atoms with Gasteiger partial charge in [0.05, 0.1) is 11.6 Å². The Morgan fingerprint density at radius 3 is 2.83 bits per heavy atom. The minimum atomic E-state index is -0.288. The maximum absolute atomic E-state index is 12.7. The molecule has 2 heterocycles. The number of ether oxygens (including phenoxy) is 1. The number of carbonyl (C=O) groups is 1. The molecule has 5 heteroatoms. The SMILES string of the molecule is O=C(N[C@H]1COc2ccccc2C1)c1cc(=O)[nH]c2ccccc12. The number of aromatic nitrogens is 1. The molecule has 2 N–H and O–H groups in total. The number of amides is 1. The quantitative estimate of drug-likeness (QED) is 0.761. The van der Waals surface area contributed by atoms with Crippen LogP contribution in [0.5, 0.6) is 5.75 Å². The predicted octanol–water partition coefficient (Wildman–Crippen LogP) is 2.26. The van der Waals surface area contributed by atoms with Crippen molar-refractivity contribution in [2.24, 2.45) is 0 Å².